The summed E-state index contributed by atoms with van der Waals surface area (Å²) < 4.78 is 0. The summed E-state index contributed by atoms with van der Waals surface area (Å²) in [4.78, 5) is 25.6. The van der Waals surface area contributed by atoms with Crippen molar-refractivity contribution in [3.63, 3.8) is 0 Å². The number of aliphatic carboxylic acids is 1. The molecule has 1 aromatic carbocycles. The van der Waals surface area contributed by atoms with Crippen molar-refractivity contribution in [1.82, 2.24) is 25.1 Å². The quantitative estimate of drug-likeness (QED) is 0.824. The van der Waals surface area contributed by atoms with Gasteiger partial charge in [0.15, 0.2) is 0 Å². The maximum Gasteiger partial charge on any atom is 0.303 e. The number of tetrazole rings is 1. The lowest BCUT2D eigenvalue weighted by atomic mass is 10.2. The molecule has 0 aliphatic heterocycles. The number of rotatable bonds is 7. The molecule has 2 rings (SSSR count). The number of carbonyl (C=O) groups excluding carboxylic acids is 1. The lowest BCUT2D eigenvalue weighted by Gasteiger charge is -2.20. The minimum Gasteiger partial charge on any atom is -0.481 e. The highest BCUT2D eigenvalue weighted by molar-refractivity contribution is 5.79. The summed E-state index contributed by atoms with van der Waals surface area (Å²) in [5.41, 5.74) is 0.827. The highest BCUT2D eigenvalue weighted by Gasteiger charge is 2.22. The Morgan fingerprint density at radius 2 is 2.00 bits per heavy atom. The fourth-order valence-electron chi connectivity index (χ4n) is 2.09. The highest BCUT2D eigenvalue weighted by Crippen LogP contribution is 2.14. The van der Waals surface area contributed by atoms with Crippen molar-refractivity contribution >= 4 is 11.9 Å². The smallest absolute Gasteiger partial charge is 0.303 e. The summed E-state index contributed by atoms with van der Waals surface area (Å²) >= 11 is 0. The normalized spacial score (nSPS) is 11.9. The van der Waals surface area contributed by atoms with E-state index in [1.165, 1.54) is 9.70 Å². The highest BCUT2D eigenvalue weighted by atomic mass is 16.4. The second kappa shape index (κ2) is 7.48. The molecule has 1 atom stereocenters. The van der Waals surface area contributed by atoms with Crippen LogP contribution in [-0.4, -0.2) is 55.7 Å². The number of carboxylic acids is 1. The van der Waals surface area contributed by atoms with E-state index in [-0.39, 0.29) is 12.3 Å². The van der Waals surface area contributed by atoms with E-state index in [9.17, 15) is 9.59 Å². The van der Waals surface area contributed by atoms with Crippen LogP contribution in [0, 0.1) is 0 Å². The topological polar surface area (TPSA) is 101 Å². The zero-order valence-electron chi connectivity index (χ0n) is 13.1. The third-order valence-corrected chi connectivity index (χ3v) is 3.42. The van der Waals surface area contributed by atoms with Crippen molar-refractivity contribution in [2.24, 2.45) is 0 Å². The lowest BCUT2D eigenvalue weighted by Crippen LogP contribution is -2.34. The number of likely N-dealkylation sites (N-methyl/N-ethyl adjacent to an activating group) is 1. The second-order valence-electron chi connectivity index (χ2n) is 5.23. The van der Waals surface area contributed by atoms with Crippen LogP contribution in [0.15, 0.2) is 30.3 Å². The minimum atomic E-state index is -0.871. The van der Waals surface area contributed by atoms with Crippen molar-refractivity contribution in [2.75, 3.05) is 13.6 Å². The molecule has 1 unspecified atom stereocenters. The molecule has 1 aromatic heterocycles. The number of hydrogen-bond acceptors (Lipinski definition) is 5. The van der Waals surface area contributed by atoms with Gasteiger partial charge in [-0.3, -0.25) is 9.59 Å². The number of benzene rings is 1. The summed E-state index contributed by atoms with van der Waals surface area (Å²) in [5, 5.41) is 20.8. The van der Waals surface area contributed by atoms with Gasteiger partial charge in [0.1, 0.15) is 6.04 Å². The van der Waals surface area contributed by atoms with Crippen LogP contribution >= 0.6 is 0 Å². The molecule has 8 heteroatoms. The Kier molecular flexibility index (Phi) is 5.40. The van der Waals surface area contributed by atoms with Crippen molar-refractivity contribution in [2.45, 2.75) is 25.8 Å². The van der Waals surface area contributed by atoms with E-state index in [1.807, 2.05) is 30.3 Å². The maximum atomic E-state index is 12.3. The van der Waals surface area contributed by atoms with Gasteiger partial charge in [-0.1, -0.05) is 30.3 Å². The Morgan fingerprint density at radius 3 is 2.65 bits per heavy atom. The molecule has 0 saturated carbocycles. The van der Waals surface area contributed by atoms with E-state index >= 15 is 0 Å². The number of carboxylic acid groups (broad SMARTS) is 1. The molecule has 23 heavy (non-hydrogen) atoms. The molecule has 122 valence electrons. The summed E-state index contributed by atoms with van der Waals surface area (Å²) in [7, 11) is 1.63. The van der Waals surface area contributed by atoms with E-state index < -0.39 is 12.0 Å². The summed E-state index contributed by atoms with van der Waals surface area (Å²) in [6.07, 6.45) is 0.441. The van der Waals surface area contributed by atoms with Crippen LogP contribution in [0.2, 0.25) is 0 Å². The predicted molar refractivity (Wildman–Crippen MR) is 82.5 cm³/mol. The SMILES string of the molecule is CC(C(=O)N(C)CCCC(=O)O)n1nnc(-c2ccccc2)n1. The maximum absolute atomic E-state index is 12.3. The molecule has 0 saturated heterocycles. The minimum absolute atomic E-state index is 0.0335. The van der Waals surface area contributed by atoms with Crippen LogP contribution in [0.4, 0.5) is 0 Å². The molecular formula is C15H19N5O3. The molecule has 1 amide bonds. The second-order valence-corrected chi connectivity index (χ2v) is 5.23. The van der Waals surface area contributed by atoms with Crippen molar-refractivity contribution in [3.8, 4) is 11.4 Å². The van der Waals surface area contributed by atoms with Gasteiger partial charge in [0, 0.05) is 25.6 Å². The Bertz CT molecular complexity index is 671. The average Bonchev–Trinajstić information content (AvgIpc) is 3.03. The standard InChI is InChI=1S/C15H19N5O3/c1-11(15(23)19(2)10-6-9-13(21)22)20-17-14(16-18-20)12-7-4-3-5-8-12/h3-5,7-8,11H,6,9-10H2,1-2H3,(H,21,22). The number of carbonyl (C=O) groups is 2. The van der Waals surface area contributed by atoms with Crippen LogP contribution in [0.5, 0.6) is 0 Å². The Balaban J connectivity index is 2.00. The zero-order valence-corrected chi connectivity index (χ0v) is 13.1. The molecule has 0 aliphatic carbocycles. The molecule has 0 fully saturated rings. The van der Waals surface area contributed by atoms with Gasteiger partial charge >= 0.3 is 5.97 Å². The third kappa shape index (κ3) is 4.35. The Labute approximate surface area is 133 Å². The van der Waals surface area contributed by atoms with Crippen molar-refractivity contribution < 1.29 is 14.7 Å². The van der Waals surface area contributed by atoms with E-state index in [4.69, 9.17) is 5.11 Å². The van der Waals surface area contributed by atoms with E-state index in [0.29, 0.717) is 18.8 Å². The van der Waals surface area contributed by atoms with Crippen molar-refractivity contribution in [1.29, 1.82) is 0 Å². The molecule has 0 spiro atoms. The fourth-order valence-corrected chi connectivity index (χ4v) is 2.09. The van der Waals surface area contributed by atoms with Gasteiger partial charge in [-0.05, 0) is 18.6 Å². The summed E-state index contributed by atoms with van der Waals surface area (Å²) in [6, 6.07) is 8.78. The number of amides is 1. The molecule has 8 nitrogen and oxygen atoms in total. The van der Waals surface area contributed by atoms with Crippen molar-refractivity contribution in [3.05, 3.63) is 30.3 Å². The Morgan fingerprint density at radius 1 is 1.30 bits per heavy atom. The molecule has 0 radical (unpaired) electrons. The zero-order chi connectivity index (χ0) is 16.8. The number of aromatic nitrogens is 4. The molecular weight excluding hydrogens is 298 g/mol. The van der Waals surface area contributed by atoms with Crippen LogP contribution in [0.1, 0.15) is 25.8 Å². The lowest BCUT2D eigenvalue weighted by molar-refractivity contribution is -0.138. The predicted octanol–water partition coefficient (Wildman–Crippen LogP) is 1.22. The van der Waals surface area contributed by atoms with Gasteiger partial charge in [0.2, 0.25) is 11.7 Å². The van der Waals surface area contributed by atoms with Crippen LogP contribution < -0.4 is 0 Å². The first-order valence-electron chi connectivity index (χ1n) is 7.30. The monoisotopic (exact) mass is 317 g/mol. The summed E-state index contributed by atoms with van der Waals surface area (Å²) in [6.45, 7) is 2.06. The fraction of sp³-hybridized carbons (Fsp3) is 0.400. The number of nitrogens with zero attached hydrogens (tertiary/aromatic N) is 5. The van der Waals surface area contributed by atoms with Gasteiger partial charge < -0.3 is 10.0 Å². The molecule has 0 bridgehead atoms. The largest absolute Gasteiger partial charge is 0.481 e. The first kappa shape index (κ1) is 16.6. The van der Waals surface area contributed by atoms with Crippen LogP contribution in [-0.2, 0) is 9.59 Å². The molecule has 1 heterocycles. The first-order valence-corrected chi connectivity index (χ1v) is 7.30. The third-order valence-electron chi connectivity index (χ3n) is 3.42. The van der Waals surface area contributed by atoms with Gasteiger partial charge in [0.05, 0.1) is 0 Å². The van der Waals surface area contributed by atoms with E-state index in [2.05, 4.69) is 15.4 Å². The number of hydrogen-bond donors (Lipinski definition) is 1. The van der Waals surface area contributed by atoms with Crippen LogP contribution in [0.25, 0.3) is 11.4 Å². The first-order chi connectivity index (χ1) is 11.0. The van der Waals surface area contributed by atoms with Gasteiger partial charge in [0.25, 0.3) is 0 Å². The molecule has 2 aromatic rings. The van der Waals surface area contributed by atoms with Crippen LogP contribution in [0.3, 0.4) is 0 Å². The van der Waals surface area contributed by atoms with Gasteiger partial charge in [-0.15, -0.1) is 10.2 Å². The van der Waals surface area contributed by atoms with Gasteiger partial charge in [-0.2, -0.15) is 4.80 Å². The average molecular weight is 317 g/mol. The molecule has 1 N–H and O–H groups in total. The van der Waals surface area contributed by atoms with E-state index in [0.717, 1.165) is 5.56 Å². The van der Waals surface area contributed by atoms with Gasteiger partial charge in [-0.25, -0.2) is 0 Å². The Hall–Kier alpha value is -2.77. The van der Waals surface area contributed by atoms with E-state index in [1.54, 1.807) is 14.0 Å². The molecule has 0 aliphatic rings. The summed E-state index contributed by atoms with van der Waals surface area (Å²) in [5.74, 6) is -0.601.